The number of urea groups is 1. The first-order chi connectivity index (χ1) is 11.8. The molecule has 1 saturated heterocycles. The number of para-hydroxylation sites is 1. The van der Waals surface area contributed by atoms with Crippen molar-refractivity contribution in [3.8, 4) is 22.8 Å². The number of hydrogen-bond acceptors (Lipinski definition) is 3. The highest BCUT2D eigenvalue weighted by Gasteiger charge is 2.22. The molecule has 1 atom stereocenters. The molecule has 5 heteroatoms. The second kappa shape index (κ2) is 8.00. The number of terminal acetylenes is 1. The Morgan fingerprint density at radius 2 is 2.25 bits per heavy atom. The Hall–Kier alpha value is -2.29. The molecular formula is C19H20N2O2S. The van der Waals surface area contributed by atoms with Crippen LogP contribution in [0.25, 0.3) is 10.4 Å². The highest BCUT2D eigenvalue weighted by atomic mass is 32.1. The Balaban J connectivity index is 1.74. The van der Waals surface area contributed by atoms with Gasteiger partial charge in [-0.25, -0.2) is 4.79 Å². The van der Waals surface area contributed by atoms with Crippen molar-refractivity contribution in [3.05, 3.63) is 41.8 Å². The van der Waals surface area contributed by atoms with E-state index in [1.165, 1.54) is 0 Å². The molecule has 1 aromatic carbocycles. The third-order valence-corrected chi connectivity index (χ3v) is 4.88. The summed E-state index contributed by atoms with van der Waals surface area (Å²) in [6.07, 6.45) is 7.52. The molecule has 3 rings (SSSR count). The number of carbonyl (C=O) groups excluding carboxylic acids is 1. The summed E-state index contributed by atoms with van der Waals surface area (Å²) in [5, 5.41) is 5.02. The third-order valence-electron chi connectivity index (χ3n) is 3.97. The van der Waals surface area contributed by atoms with Crippen LogP contribution in [-0.4, -0.2) is 36.7 Å². The van der Waals surface area contributed by atoms with E-state index in [0.29, 0.717) is 6.54 Å². The zero-order valence-electron chi connectivity index (χ0n) is 13.4. The average molecular weight is 340 g/mol. The van der Waals surface area contributed by atoms with Gasteiger partial charge in [-0.05, 0) is 30.4 Å². The van der Waals surface area contributed by atoms with E-state index in [-0.39, 0.29) is 18.7 Å². The van der Waals surface area contributed by atoms with Crippen LogP contribution in [-0.2, 0) is 4.74 Å². The summed E-state index contributed by atoms with van der Waals surface area (Å²) < 4.78 is 5.62. The van der Waals surface area contributed by atoms with Crippen LogP contribution in [0.2, 0.25) is 0 Å². The first-order valence-electron chi connectivity index (χ1n) is 8.02. The summed E-state index contributed by atoms with van der Waals surface area (Å²) in [7, 11) is 0. The van der Waals surface area contributed by atoms with E-state index in [9.17, 15) is 4.79 Å². The molecule has 1 N–H and O–H groups in total. The Labute approximate surface area is 146 Å². The van der Waals surface area contributed by atoms with Crippen molar-refractivity contribution >= 4 is 23.1 Å². The fourth-order valence-electron chi connectivity index (χ4n) is 2.80. The van der Waals surface area contributed by atoms with Crippen LogP contribution in [0.4, 0.5) is 10.5 Å². The van der Waals surface area contributed by atoms with Crippen molar-refractivity contribution in [2.24, 2.45) is 0 Å². The number of benzene rings is 1. The van der Waals surface area contributed by atoms with Crippen molar-refractivity contribution < 1.29 is 9.53 Å². The molecule has 0 spiro atoms. The highest BCUT2D eigenvalue weighted by molar-refractivity contribution is 7.13. The SMILES string of the molecule is C#CCN(C[C@@H]1CCCO1)C(=O)Nc1ccccc1-c1cccs1. The van der Waals surface area contributed by atoms with Gasteiger partial charge in [0.15, 0.2) is 0 Å². The van der Waals surface area contributed by atoms with Crippen LogP contribution in [0.3, 0.4) is 0 Å². The second-order valence-electron chi connectivity index (χ2n) is 5.67. The van der Waals surface area contributed by atoms with Crippen molar-refractivity contribution in [1.82, 2.24) is 4.90 Å². The number of rotatable bonds is 5. The van der Waals surface area contributed by atoms with E-state index in [1.54, 1.807) is 16.2 Å². The van der Waals surface area contributed by atoms with Crippen LogP contribution < -0.4 is 5.32 Å². The van der Waals surface area contributed by atoms with Gasteiger partial charge in [0.2, 0.25) is 0 Å². The van der Waals surface area contributed by atoms with E-state index >= 15 is 0 Å². The maximum absolute atomic E-state index is 12.7. The van der Waals surface area contributed by atoms with Crippen LogP contribution in [0.5, 0.6) is 0 Å². The number of carbonyl (C=O) groups is 1. The number of thiophene rings is 1. The van der Waals surface area contributed by atoms with E-state index in [4.69, 9.17) is 11.2 Å². The molecule has 0 bridgehead atoms. The van der Waals surface area contributed by atoms with Gasteiger partial charge in [-0.1, -0.05) is 30.2 Å². The molecular weight excluding hydrogens is 320 g/mol. The van der Waals surface area contributed by atoms with Crippen molar-refractivity contribution in [2.45, 2.75) is 18.9 Å². The average Bonchev–Trinajstić information content (AvgIpc) is 3.28. The van der Waals surface area contributed by atoms with Crippen LogP contribution in [0.1, 0.15) is 12.8 Å². The van der Waals surface area contributed by atoms with E-state index in [1.807, 2.05) is 41.8 Å². The maximum Gasteiger partial charge on any atom is 0.322 e. The Bertz CT molecular complexity index is 715. The quantitative estimate of drug-likeness (QED) is 0.834. The molecule has 24 heavy (non-hydrogen) atoms. The van der Waals surface area contributed by atoms with Crippen LogP contribution >= 0.6 is 11.3 Å². The van der Waals surface area contributed by atoms with Gasteiger partial charge in [0.25, 0.3) is 0 Å². The third kappa shape index (κ3) is 3.97. The smallest absolute Gasteiger partial charge is 0.322 e. The van der Waals surface area contributed by atoms with E-state index in [0.717, 1.165) is 35.6 Å². The number of amides is 2. The molecule has 2 aromatic rings. The predicted octanol–water partition coefficient (Wildman–Crippen LogP) is 4.06. The fraction of sp³-hybridized carbons (Fsp3) is 0.316. The lowest BCUT2D eigenvalue weighted by Crippen LogP contribution is -2.40. The molecule has 1 aromatic heterocycles. The lowest BCUT2D eigenvalue weighted by atomic mass is 10.1. The van der Waals surface area contributed by atoms with Gasteiger partial charge in [-0.15, -0.1) is 17.8 Å². The predicted molar refractivity (Wildman–Crippen MR) is 98.2 cm³/mol. The van der Waals surface area contributed by atoms with Gasteiger partial charge in [-0.3, -0.25) is 0 Å². The van der Waals surface area contributed by atoms with Gasteiger partial charge in [-0.2, -0.15) is 0 Å². The van der Waals surface area contributed by atoms with Crippen molar-refractivity contribution in [1.29, 1.82) is 0 Å². The normalized spacial score (nSPS) is 16.5. The Kier molecular flexibility index (Phi) is 5.52. The molecule has 1 aliphatic heterocycles. The minimum Gasteiger partial charge on any atom is -0.376 e. The number of hydrogen-bond donors (Lipinski definition) is 1. The standard InChI is InChI=1S/C19H20N2O2S/c1-2-11-21(14-15-7-5-12-23-15)19(22)20-17-9-4-3-8-16(17)18-10-6-13-24-18/h1,3-4,6,8-10,13,15H,5,7,11-12,14H2,(H,20,22)/t15-/m0/s1. The summed E-state index contributed by atoms with van der Waals surface area (Å²) >= 11 is 1.64. The molecule has 0 radical (unpaired) electrons. The lowest BCUT2D eigenvalue weighted by Gasteiger charge is -2.24. The van der Waals surface area contributed by atoms with Crippen molar-refractivity contribution in [2.75, 3.05) is 25.0 Å². The molecule has 4 nitrogen and oxygen atoms in total. The lowest BCUT2D eigenvalue weighted by molar-refractivity contribution is 0.0868. The maximum atomic E-state index is 12.7. The highest BCUT2D eigenvalue weighted by Crippen LogP contribution is 2.31. The zero-order valence-corrected chi connectivity index (χ0v) is 14.2. The molecule has 124 valence electrons. The summed E-state index contributed by atoms with van der Waals surface area (Å²) in [6.45, 7) is 1.56. The van der Waals surface area contributed by atoms with Crippen molar-refractivity contribution in [3.63, 3.8) is 0 Å². The second-order valence-corrected chi connectivity index (χ2v) is 6.62. The molecule has 0 aliphatic carbocycles. The van der Waals surface area contributed by atoms with Crippen LogP contribution in [0.15, 0.2) is 41.8 Å². The fourth-order valence-corrected chi connectivity index (χ4v) is 3.56. The molecule has 2 heterocycles. The van der Waals surface area contributed by atoms with Gasteiger partial charge < -0.3 is 15.0 Å². The number of ether oxygens (including phenoxy) is 1. The number of anilines is 1. The van der Waals surface area contributed by atoms with E-state index in [2.05, 4.69) is 11.2 Å². The summed E-state index contributed by atoms with van der Waals surface area (Å²) in [5.41, 5.74) is 1.80. The topological polar surface area (TPSA) is 41.6 Å². The largest absolute Gasteiger partial charge is 0.376 e. The number of nitrogens with one attached hydrogen (secondary N) is 1. The molecule has 1 fully saturated rings. The monoisotopic (exact) mass is 340 g/mol. The van der Waals surface area contributed by atoms with Gasteiger partial charge in [0.1, 0.15) is 0 Å². The van der Waals surface area contributed by atoms with Gasteiger partial charge in [0.05, 0.1) is 18.3 Å². The zero-order chi connectivity index (χ0) is 16.8. The van der Waals surface area contributed by atoms with E-state index < -0.39 is 0 Å². The minimum absolute atomic E-state index is 0.0802. The first kappa shape index (κ1) is 16.6. The number of nitrogens with zero attached hydrogens (tertiary/aromatic N) is 1. The minimum atomic E-state index is -0.188. The summed E-state index contributed by atoms with van der Waals surface area (Å²) in [5.74, 6) is 2.56. The Morgan fingerprint density at radius 3 is 2.96 bits per heavy atom. The molecule has 2 amide bonds. The van der Waals surface area contributed by atoms with Crippen LogP contribution in [0, 0.1) is 12.3 Å². The first-order valence-corrected chi connectivity index (χ1v) is 8.90. The Morgan fingerprint density at radius 1 is 1.38 bits per heavy atom. The molecule has 0 saturated carbocycles. The summed E-state index contributed by atoms with van der Waals surface area (Å²) in [4.78, 5) is 15.4. The molecule has 0 unspecified atom stereocenters. The molecule has 1 aliphatic rings. The van der Waals surface area contributed by atoms with Gasteiger partial charge >= 0.3 is 6.03 Å². The summed E-state index contributed by atoms with van der Waals surface area (Å²) in [6, 6.07) is 11.7. The van der Waals surface area contributed by atoms with Gasteiger partial charge in [0, 0.05) is 23.6 Å².